The molecule has 0 radical (unpaired) electrons. The molecule has 0 bridgehead atoms. The Hall–Kier alpha value is -1.18. The van der Waals surface area contributed by atoms with Gasteiger partial charge in [-0.05, 0) is 32.1 Å². The lowest BCUT2D eigenvalue weighted by atomic mass is 10.0. The largest absolute Gasteiger partial charge is 0.355 e. The highest BCUT2D eigenvalue weighted by atomic mass is 35.5. The van der Waals surface area contributed by atoms with Crippen LogP contribution in [0.2, 0.25) is 0 Å². The van der Waals surface area contributed by atoms with Crippen LogP contribution in [0.1, 0.15) is 34.8 Å². The minimum Gasteiger partial charge on any atom is -0.355 e. The van der Waals surface area contributed by atoms with Crippen molar-refractivity contribution in [3.63, 3.8) is 0 Å². The van der Waals surface area contributed by atoms with Gasteiger partial charge in [-0.1, -0.05) is 0 Å². The van der Waals surface area contributed by atoms with E-state index in [0.717, 1.165) is 19.3 Å². The van der Waals surface area contributed by atoms with Crippen LogP contribution in [0.15, 0.2) is 0 Å². The number of nitrogens with zero attached hydrogens (tertiary/aromatic N) is 1. The standard InChI is InChI=1S/C14H22N4O2S.ClH/c15-8-12(19)17-9-13(20)16-7-3-6-14-18-10-4-1-2-5-11(10)21-14;/h1-9,15H2,(H,16,20)(H,17,19);1H. The van der Waals surface area contributed by atoms with Gasteiger partial charge in [-0.25, -0.2) is 4.98 Å². The molecule has 0 aliphatic heterocycles. The summed E-state index contributed by atoms with van der Waals surface area (Å²) in [6, 6.07) is 0. The number of hydrogen-bond acceptors (Lipinski definition) is 5. The number of rotatable bonds is 7. The van der Waals surface area contributed by atoms with Gasteiger partial charge in [0.05, 0.1) is 23.8 Å². The van der Waals surface area contributed by atoms with Crippen LogP contribution < -0.4 is 16.4 Å². The summed E-state index contributed by atoms with van der Waals surface area (Å²) in [7, 11) is 0. The molecule has 0 spiro atoms. The first kappa shape index (κ1) is 18.9. The first-order valence-corrected chi connectivity index (χ1v) is 8.21. The number of fused-ring (bicyclic) bond motifs is 1. The lowest BCUT2D eigenvalue weighted by Crippen LogP contribution is -2.39. The third-order valence-electron chi connectivity index (χ3n) is 3.41. The van der Waals surface area contributed by atoms with Crippen molar-refractivity contribution in [1.82, 2.24) is 15.6 Å². The molecule has 8 heteroatoms. The van der Waals surface area contributed by atoms with Crippen molar-refractivity contribution in [3.8, 4) is 0 Å². The van der Waals surface area contributed by atoms with Crippen LogP contribution in [0.4, 0.5) is 0 Å². The second-order valence-corrected chi connectivity index (χ2v) is 6.29. The molecular formula is C14H23ClN4O2S. The Labute approximate surface area is 140 Å². The highest BCUT2D eigenvalue weighted by Gasteiger charge is 2.14. The number of thiazole rings is 1. The van der Waals surface area contributed by atoms with Crippen LogP contribution in [0.3, 0.4) is 0 Å². The van der Waals surface area contributed by atoms with Crippen LogP contribution in [-0.4, -0.2) is 36.4 Å². The molecule has 124 valence electrons. The second-order valence-electron chi connectivity index (χ2n) is 5.12. The van der Waals surface area contributed by atoms with Gasteiger partial charge in [-0.2, -0.15) is 0 Å². The van der Waals surface area contributed by atoms with Gasteiger partial charge in [0.15, 0.2) is 0 Å². The van der Waals surface area contributed by atoms with Crippen LogP contribution >= 0.6 is 23.7 Å². The van der Waals surface area contributed by atoms with Crippen molar-refractivity contribution in [3.05, 3.63) is 15.6 Å². The smallest absolute Gasteiger partial charge is 0.239 e. The molecule has 2 rings (SSSR count). The summed E-state index contributed by atoms with van der Waals surface area (Å²) in [4.78, 5) is 28.5. The number of amides is 2. The summed E-state index contributed by atoms with van der Waals surface area (Å²) in [6.07, 6.45) is 6.57. The normalized spacial score (nSPS) is 13.0. The molecule has 1 aliphatic rings. The van der Waals surface area contributed by atoms with Gasteiger partial charge in [-0.3, -0.25) is 9.59 Å². The molecule has 6 nitrogen and oxygen atoms in total. The number of aromatic nitrogens is 1. The van der Waals surface area contributed by atoms with Gasteiger partial charge >= 0.3 is 0 Å². The fourth-order valence-electron chi connectivity index (χ4n) is 2.29. The average molecular weight is 347 g/mol. The summed E-state index contributed by atoms with van der Waals surface area (Å²) < 4.78 is 0. The molecule has 0 saturated carbocycles. The van der Waals surface area contributed by atoms with Crippen molar-refractivity contribution >= 4 is 35.6 Å². The Morgan fingerprint density at radius 3 is 2.68 bits per heavy atom. The minimum atomic E-state index is -0.321. The van der Waals surface area contributed by atoms with E-state index in [1.165, 1.54) is 34.8 Å². The molecule has 1 aromatic heterocycles. The van der Waals surface area contributed by atoms with Crippen molar-refractivity contribution in [2.45, 2.75) is 38.5 Å². The van der Waals surface area contributed by atoms with Crippen molar-refractivity contribution in [1.29, 1.82) is 0 Å². The Kier molecular flexibility index (Phi) is 8.37. The summed E-state index contributed by atoms with van der Waals surface area (Å²) >= 11 is 1.82. The van der Waals surface area contributed by atoms with Gasteiger partial charge in [-0.15, -0.1) is 23.7 Å². The zero-order valence-electron chi connectivity index (χ0n) is 12.5. The van der Waals surface area contributed by atoms with Crippen LogP contribution in [0.5, 0.6) is 0 Å². The van der Waals surface area contributed by atoms with Crippen molar-refractivity contribution in [2.75, 3.05) is 19.6 Å². The van der Waals surface area contributed by atoms with Crippen molar-refractivity contribution in [2.24, 2.45) is 5.73 Å². The Bertz CT molecular complexity index is 484. The lowest BCUT2D eigenvalue weighted by molar-refractivity contribution is -0.125. The third kappa shape index (κ3) is 5.90. The van der Waals surface area contributed by atoms with Gasteiger partial charge in [0.2, 0.25) is 11.8 Å². The third-order valence-corrected chi connectivity index (χ3v) is 4.63. The number of aryl methyl sites for hydroxylation is 3. The SMILES string of the molecule is Cl.NCC(=O)NCC(=O)NCCCc1nc2c(s1)CCCC2. The maximum atomic E-state index is 11.5. The number of carbonyl (C=O) groups is 2. The molecule has 1 heterocycles. The molecule has 0 unspecified atom stereocenters. The Balaban J connectivity index is 0.00000242. The van der Waals surface area contributed by atoms with Crippen molar-refractivity contribution < 1.29 is 9.59 Å². The predicted octanol–water partition coefficient (Wildman–Crippen LogP) is 0.567. The Morgan fingerprint density at radius 2 is 1.95 bits per heavy atom. The van der Waals surface area contributed by atoms with E-state index in [9.17, 15) is 9.59 Å². The summed E-state index contributed by atoms with van der Waals surface area (Å²) in [5.74, 6) is -0.506. The summed E-state index contributed by atoms with van der Waals surface area (Å²) in [5.41, 5.74) is 6.42. The molecule has 1 aliphatic carbocycles. The van der Waals surface area contributed by atoms with E-state index in [-0.39, 0.29) is 37.3 Å². The maximum absolute atomic E-state index is 11.5. The number of nitrogens with two attached hydrogens (primary N) is 1. The molecule has 4 N–H and O–H groups in total. The van der Waals surface area contributed by atoms with Crippen LogP contribution in [0.25, 0.3) is 0 Å². The quantitative estimate of drug-likeness (QED) is 0.629. The predicted molar refractivity (Wildman–Crippen MR) is 89.4 cm³/mol. The van der Waals surface area contributed by atoms with E-state index in [1.807, 2.05) is 11.3 Å². The average Bonchev–Trinajstić information content (AvgIpc) is 2.91. The Morgan fingerprint density at radius 1 is 1.18 bits per heavy atom. The topological polar surface area (TPSA) is 97.1 Å². The maximum Gasteiger partial charge on any atom is 0.239 e. The van der Waals surface area contributed by atoms with E-state index in [4.69, 9.17) is 5.73 Å². The fourth-order valence-corrected chi connectivity index (χ4v) is 3.49. The molecule has 0 atom stereocenters. The number of halogens is 1. The molecule has 0 saturated heterocycles. The molecule has 22 heavy (non-hydrogen) atoms. The highest BCUT2D eigenvalue weighted by Crippen LogP contribution is 2.27. The first-order chi connectivity index (χ1) is 10.2. The van der Waals surface area contributed by atoms with Gasteiger partial charge in [0, 0.05) is 17.8 Å². The van der Waals surface area contributed by atoms with E-state index in [0.29, 0.717) is 6.54 Å². The fraction of sp³-hybridized carbons (Fsp3) is 0.643. The number of hydrogen-bond donors (Lipinski definition) is 3. The highest BCUT2D eigenvalue weighted by molar-refractivity contribution is 7.11. The monoisotopic (exact) mass is 346 g/mol. The molecule has 2 amide bonds. The minimum absolute atomic E-state index is 0. The zero-order valence-corrected chi connectivity index (χ0v) is 14.2. The van der Waals surface area contributed by atoms with Crippen LogP contribution in [0, 0.1) is 0 Å². The van der Waals surface area contributed by atoms with E-state index in [1.54, 1.807) is 0 Å². The second kappa shape index (κ2) is 9.76. The van der Waals surface area contributed by atoms with Crippen LogP contribution in [-0.2, 0) is 28.9 Å². The van der Waals surface area contributed by atoms with Gasteiger partial charge in [0.1, 0.15) is 0 Å². The zero-order chi connectivity index (χ0) is 15.1. The van der Waals surface area contributed by atoms with E-state index in [2.05, 4.69) is 15.6 Å². The molecule has 0 aromatic carbocycles. The summed E-state index contributed by atoms with van der Waals surface area (Å²) in [5, 5.41) is 6.39. The molecule has 0 fully saturated rings. The number of nitrogens with one attached hydrogen (secondary N) is 2. The van der Waals surface area contributed by atoms with E-state index >= 15 is 0 Å². The van der Waals surface area contributed by atoms with Gasteiger partial charge in [0.25, 0.3) is 0 Å². The summed E-state index contributed by atoms with van der Waals surface area (Å²) in [6.45, 7) is 0.491. The lowest BCUT2D eigenvalue weighted by Gasteiger charge is -2.06. The molecular weight excluding hydrogens is 324 g/mol. The van der Waals surface area contributed by atoms with Gasteiger partial charge < -0.3 is 16.4 Å². The first-order valence-electron chi connectivity index (χ1n) is 7.40. The van der Waals surface area contributed by atoms with E-state index < -0.39 is 0 Å². The molecule has 1 aromatic rings. The number of carbonyl (C=O) groups excluding carboxylic acids is 2.